The number of H-pyrrole nitrogens is 1. The number of nitrogens with zero attached hydrogens (tertiary/aromatic N) is 1. The Morgan fingerprint density at radius 3 is 2.53 bits per heavy atom. The first kappa shape index (κ1) is 22.9. The minimum absolute atomic E-state index is 0.135. The standard InChI is InChI=1S/C22H21F3N4O3/c1-2-7-28-15-8-13(10-27-11-15)12-32-16-5-3-14(4-6-16)17-9-18(20(26)30)21(31)29-19(17)22(23,24)25/h3-6,8-11,28H,2,7,12H2,1H3,(H2,26,30)(H,29,31). The summed E-state index contributed by atoms with van der Waals surface area (Å²) in [6.07, 6.45) is -0.494. The number of halogens is 3. The normalized spacial score (nSPS) is 11.2. The molecule has 0 aliphatic rings. The van der Waals surface area contributed by atoms with E-state index in [1.807, 2.05) is 6.07 Å². The number of carbonyl (C=O) groups excluding carboxylic acids is 1. The predicted octanol–water partition coefficient (Wildman–Crippen LogP) is 3.96. The maximum absolute atomic E-state index is 13.4. The summed E-state index contributed by atoms with van der Waals surface area (Å²) in [5.74, 6) is -0.695. The lowest BCUT2D eigenvalue weighted by atomic mass is 10.0. The van der Waals surface area contributed by atoms with E-state index in [1.54, 1.807) is 17.4 Å². The van der Waals surface area contributed by atoms with Crippen molar-refractivity contribution in [1.82, 2.24) is 9.97 Å². The van der Waals surface area contributed by atoms with Gasteiger partial charge in [0.25, 0.3) is 11.5 Å². The van der Waals surface area contributed by atoms with Gasteiger partial charge in [-0.25, -0.2) is 0 Å². The van der Waals surface area contributed by atoms with Crippen LogP contribution in [0.3, 0.4) is 0 Å². The van der Waals surface area contributed by atoms with Crippen molar-refractivity contribution in [3.05, 3.63) is 76.0 Å². The number of hydrogen-bond donors (Lipinski definition) is 3. The second-order valence-corrected chi connectivity index (χ2v) is 6.98. The SMILES string of the molecule is CCCNc1cncc(COc2ccc(-c3cc(C(N)=O)c(=O)[nH]c3C(F)(F)F)cc2)c1. The average Bonchev–Trinajstić information content (AvgIpc) is 2.76. The molecule has 0 saturated carbocycles. The smallest absolute Gasteiger partial charge is 0.431 e. The average molecular weight is 446 g/mol. The van der Waals surface area contributed by atoms with Crippen LogP contribution in [0.2, 0.25) is 0 Å². The van der Waals surface area contributed by atoms with Gasteiger partial charge in [0.1, 0.15) is 23.6 Å². The maximum atomic E-state index is 13.4. The van der Waals surface area contributed by atoms with Crippen LogP contribution in [0.1, 0.15) is 35.0 Å². The highest BCUT2D eigenvalue weighted by Gasteiger charge is 2.36. The largest absolute Gasteiger partial charge is 0.489 e. The number of amides is 1. The number of benzene rings is 1. The number of primary amides is 1. The lowest BCUT2D eigenvalue weighted by Gasteiger charge is -2.14. The number of hydrogen-bond acceptors (Lipinski definition) is 5. The number of rotatable bonds is 8. The van der Waals surface area contributed by atoms with Crippen LogP contribution in [0, 0.1) is 0 Å². The Morgan fingerprint density at radius 1 is 1.19 bits per heavy atom. The number of alkyl halides is 3. The Bertz CT molecular complexity index is 1160. The summed E-state index contributed by atoms with van der Waals surface area (Å²) in [6.45, 7) is 3.08. The Kier molecular flexibility index (Phi) is 6.82. The van der Waals surface area contributed by atoms with Crippen molar-refractivity contribution >= 4 is 11.6 Å². The number of nitrogens with one attached hydrogen (secondary N) is 2. The van der Waals surface area contributed by atoms with E-state index in [9.17, 15) is 22.8 Å². The van der Waals surface area contributed by atoms with Gasteiger partial charge >= 0.3 is 6.18 Å². The predicted molar refractivity (Wildman–Crippen MR) is 113 cm³/mol. The number of carbonyl (C=O) groups is 1. The highest BCUT2D eigenvalue weighted by Crippen LogP contribution is 2.35. The third-order valence-electron chi connectivity index (χ3n) is 4.53. The van der Waals surface area contributed by atoms with E-state index in [0.29, 0.717) is 5.75 Å². The molecule has 2 aromatic heterocycles. The topological polar surface area (TPSA) is 110 Å². The number of aromatic amines is 1. The molecule has 0 bridgehead atoms. The molecular weight excluding hydrogens is 425 g/mol. The molecule has 0 saturated heterocycles. The summed E-state index contributed by atoms with van der Waals surface area (Å²) in [5.41, 5.74) is 3.55. The van der Waals surface area contributed by atoms with Gasteiger partial charge in [-0.05, 0) is 36.2 Å². The van der Waals surface area contributed by atoms with Gasteiger partial charge in [-0.3, -0.25) is 14.6 Å². The molecule has 1 aromatic carbocycles. The molecule has 3 rings (SSSR count). The molecule has 0 unspecified atom stereocenters. The van der Waals surface area contributed by atoms with Crippen LogP contribution in [0.4, 0.5) is 18.9 Å². The van der Waals surface area contributed by atoms with Gasteiger partial charge < -0.3 is 20.8 Å². The number of ether oxygens (including phenoxy) is 1. The molecule has 0 fully saturated rings. The summed E-state index contributed by atoms with van der Waals surface area (Å²) in [5, 5.41) is 3.22. The molecule has 3 aromatic rings. The second kappa shape index (κ2) is 9.54. The maximum Gasteiger partial charge on any atom is 0.431 e. The van der Waals surface area contributed by atoms with E-state index >= 15 is 0 Å². The Hall–Kier alpha value is -3.82. The minimum Gasteiger partial charge on any atom is -0.489 e. The Labute approximate surface area is 181 Å². The fourth-order valence-corrected chi connectivity index (χ4v) is 2.99. The molecule has 1 amide bonds. The molecule has 0 atom stereocenters. The van der Waals surface area contributed by atoms with Crippen LogP contribution in [-0.4, -0.2) is 22.4 Å². The summed E-state index contributed by atoms with van der Waals surface area (Å²) in [4.78, 5) is 29.1. The van der Waals surface area contributed by atoms with Crippen molar-refractivity contribution in [2.45, 2.75) is 26.1 Å². The molecule has 0 aliphatic carbocycles. The van der Waals surface area contributed by atoms with Gasteiger partial charge in [0, 0.05) is 30.1 Å². The second-order valence-electron chi connectivity index (χ2n) is 6.98. The number of pyridine rings is 2. The van der Waals surface area contributed by atoms with E-state index in [2.05, 4.69) is 17.2 Å². The lowest BCUT2D eigenvalue weighted by molar-refractivity contribution is -0.140. The van der Waals surface area contributed by atoms with E-state index < -0.39 is 28.9 Å². The highest BCUT2D eigenvalue weighted by atomic mass is 19.4. The van der Waals surface area contributed by atoms with Gasteiger partial charge in [0.2, 0.25) is 0 Å². The van der Waals surface area contributed by atoms with Gasteiger partial charge in [-0.1, -0.05) is 19.1 Å². The molecule has 0 aliphatic heterocycles. The van der Waals surface area contributed by atoms with Crippen molar-refractivity contribution in [3.63, 3.8) is 0 Å². The van der Waals surface area contributed by atoms with E-state index in [-0.39, 0.29) is 17.7 Å². The number of nitrogens with two attached hydrogens (primary N) is 1. The van der Waals surface area contributed by atoms with E-state index in [4.69, 9.17) is 10.5 Å². The molecule has 4 N–H and O–H groups in total. The number of aromatic nitrogens is 2. The third-order valence-corrected chi connectivity index (χ3v) is 4.53. The third kappa shape index (κ3) is 5.45. The van der Waals surface area contributed by atoms with Crippen LogP contribution in [0.25, 0.3) is 11.1 Å². The lowest BCUT2D eigenvalue weighted by Crippen LogP contribution is -2.27. The summed E-state index contributed by atoms with van der Waals surface area (Å²) in [7, 11) is 0. The van der Waals surface area contributed by atoms with Crippen LogP contribution in [-0.2, 0) is 12.8 Å². The van der Waals surface area contributed by atoms with Crippen molar-refractivity contribution in [2.24, 2.45) is 5.73 Å². The quantitative estimate of drug-likeness (QED) is 0.485. The van der Waals surface area contributed by atoms with Gasteiger partial charge in [-0.2, -0.15) is 13.2 Å². The summed E-state index contributed by atoms with van der Waals surface area (Å²) >= 11 is 0. The van der Waals surface area contributed by atoms with Crippen molar-refractivity contribution in [1.29, 1.82) is 0 Å². The van der Waals surface area contributed by atoms with Crippen LogP contribution in [0.15, 0.2) is 53.6 Å². The Morgan fingerprint density at radius 2 is 1.91 bits per heavy atom. The zero-order valence-corrected chi connectivity index (χ0v) is 17.1. The van der Waals surface area contributed by atoms with Gasteiger partial charge in [0.15, 0.2) is 0 Å². The van der Waals surface area contributed by atoms with Crippen LogP contribution in [0.5, 0.6) is 5.75 Å². The first-order valence-electron chi connectivity index (χ1n) is 9.74. The van der Waals surface area contributed by atoms with Crippen LogP contribution >= 0.6 is 0 Å². The summed E-state index contributed by atoms with van der Waals surface area (Å²) < 4.78 is 46.0. The summed E-state index contributed by atoms with van der Waals surface area (Å²) in [6, 6.07) is 8.55. The molecule has 10 heteroatoms. The van der Waals surface area contributed by atoms with Gasteiger partial charge in [-0.15, -0.1) is 0 Å². The Balaban J connectivity index is 1.82. The van der Waals surface area contributed by atoms with Crippen molar-refractivity contribution in [3.8, 4) is 16.9 Å². The fourth-order valence-electron chi connectivity index (χ4n) is 2.99. The van der Waals surface area contributed by atoms with Crippen LogP contribution < -0.4 is 21.3 Å². The fraction of sp³-hybridized carbons (Fsp3) is 0.227. The first-order valence-corrected chi connectivity index (χ1v) is 9.74. The zero-order chi connectivity index (χ0) is 23.3. The highest BCUT2D eigenvalue weighted by molar-refractivity contribution is 5.94. The van der Waals surface area contributed by atoms with Crippen molar-refractivity contribution < 1.29 is 22.7 Å². The molecule has 7 nitrogen and oxygen atoms in total. The molecule has 32 heavy (non-hydrogen) atoms. The van der Waals surface area contributed by atoms with Crippen molar-refractivity contribution in [2.75, 3.05) is 11.9 Å². The zero-order valence-electron chi connectivity index (χ0n) is 17.1. The number of anilines is 1. The molecule has 0 spiro atoms. The first-order chi connectivity index (χ1) is 15.2. The minimum atomic E-state index is -4.83. The van der Waals surface area contributed by atoms with E-state index in [1.165, 1.54) is 24.3 Å². The monoisotopic (exact) mass is 446 g/mol. The van der Waals surface area contributed by atoms with Gasteiger partial charge in [0.05, 0.1) is 5.69 Å². The molecular formula is C22H21F3N4O3. The molecule has 168 valence electrons. The van der Waals surface area contributed by atoms with E-state index in [0.717, 1.165) is 30.3 Å². The molecule has 0 radical (unpaired) electrons. The molecule has 2 heterocycles.